The van der Waals surface area contributed by atoms with Gasteiger partial charge in [-0.3, -0.25) is 14.5 Å². The van der Waals surface area contributed by atoms with Crippen molar-refractivity contribution in [3.8, 4) is 0 Å². The number of aryl methyl sites for hydroxylation is 1. The average Bonchev–Trinajstić information content (AvgIpc) is 2.91. The summed E-state index contributed by atoms with van der Waals surface area (Å²) >= 11 is 0. The minimum absolute atomic E-state index is 0.308. The number of carbonyl (C=O) groups is 3. The quantitative estimate of drug-likeness (QED) is 0.704. The van der Waals surface area contributed by atoms with Crippen LogP contribution in [-0.2, 0) is 16.0 Å². The summed E-state index contributed by atoms with van der Waals surface area (Å²) in [6.45, 7) is 5.59. The van der Waals surface area contributed by atoms with Crippen molar-refractivity contribution in [1.82, 2.24) is 10.2 Å². The van der Waals surface area contributed by atoms with Crippen molar-refractivity contribution >= 4 is 23.5 Å². The molecule has 2 aromatic rings. The van der Waals surface area contributed by atoms with Crippen LogP contribution in [0, 0.1) is 0 Å². The number of anilines is 1. The molecule has 1 heterocycles. The highest BCUT2D eigenvalue weighted by Gasteiger charge is 2.47. The predicted molar refractivity (Wildman–Crippen MR) is 113 cm³/mol. The molecule has 6 nitrogen and oxygen atoms in total. The van der Waals surface area contributed by atoms with Gasteiger partial charge in [0.15, 0.2) is 0 Å². The molecular formula is C23H27N3O3. The van der Waals surface area contributed by atoms with Gasteiger partial charge in [-0.1, -0.05) is 56.3 Å². The van der Waals surface area contributed by atoms with E-state index in [-0.39, 0.29) is 12.5 Å². The summed E-state index contributed by atoms with van der Waals surface area (Å²) in [4.78, 5) is 38.5. The first-order valence-corrected chi connectivity index (χ1v) is 9.86. The molecule has 152 valence electrons. The van der Waals surface area contributed by atoms with Gasteiger partial charge in [0.25, 0.3) is 5.91 Å². The van der Waals surface area contributed by atoms with Gasteiger partial charge in [-0.25, -0.2) is 4.79 Å². The zero-order valence-electron chi connectivity index (χ0n) is 17.1. The van der Waals surface area contributed by atoms with Crippen LogP contribution in [0.5, 0.6) is 0 Å². The van der Waals surface area contributed by atoms with Crippen LogP contribution in [0.3, 0.4) is 0 Å². The standard InChI is InChI=1S/C23H27N3O3/c1-16(2)18-9-11-19(12-10-18)24-20(27)15-26-21(28)23(3,25-22(26)29)14-13-17-7-5-4-6-8-17/h4-12,16H,13-15H2,1-3H3,(H,24,27)(H,25,29). The zero-order chi connectivity index (χ0) is 21.0. The molecule has 1 unspecified atom stereocenters. The van der Waals surface area contributed by atoms with E-state index >= 15 is 0 Å². The van der Waals surface area contributed by atoms with Crippen LogP contribution in [0.1, 0.15) is 44.2 Å². The SMILES string of the molecule is CC(C)c1ccc(NC(=O)CN2C(=O)NC(C)(CCc3ccccc3)C2=O)cc1. The fourth-order valence-electron chi connectivity index (χ4n) is 3.39. The van der Waals surface area contributed by atoms with E-state index < -0.39 is 17.5 Å². The molecule has 0 aromatic heterocycles. The minimum Gasteiger partial charge on any atom is -0.325 e. The molecule has 4 amide bonds. The van der Waals surface area contributed by atoms with Crippen molar-refractivity contribution in [3.63, 3.8) is 0 Å². The summed E-state index contributed by atoms with van der Waals surface area (Å²) < 4.78 is 0. The van der Waals surface area contributed by atoms with Gasteiger partial charge in [-0.05, 0) is 48.9 Å². The Morgan fingerprint density at radius 3 is 2.34 bits per heavy atom. The number of rotatable bonds is 7. The first-order valence-electron chi connectivity index (χ1n) is 9.86. The van der Waals surface area contributed by atoms with Gasteiger partial charge in [0.1, 0.15) is 12.1 Å². The van der Waals surface area contributed by atoms with Crippen molar-refractivity contribution in [2.45, 2.75) is 45.1 Å². The summed E-state index contributed by atoms with van der Waals surface area (Å²) in [5.41, 5.74) is 1.90. The lowest BCUT2D eigenvalue weighted by Gasteiger charge is -2.21. The number of benzene rings is 2. The Morgan fingerprint density at radius 1 is 1.07 bits per heavy atom. The zero-order valence-corrected chi connectivity index (χ0v) is 17.1. The van der Waals surface area contributed by atoms with E-state index in [1.807, 2.05) is 54.6 Å². The molecule has 1 fully saturated rings. The summed E-state index contributed by atoms with van der Waals surface area (Å²) in [5, 5.41) is 5.50. The number of urea groups is 1. The largest absolute Gasteiger partial charge is 0.325 e. The van der Waals surface area contributed by atoms with E-state index in [0.29, 0.717) is 24.4 Å². The maximum absolute atomic E-state index is 12.8. The lowest BCUT2D eigenvalue weighted by atomic mass is 9.93. The first-order chi connectivity index (χ1) is 13.8. The molecule has 0 spiro atoms. The van der Waals surface area contributed by atoms with Crippen LogP contribution in [-0.4, -0.2) is 34.8 Å². The number of nitrogens with one attached hydrogen (secondary N) is 2. The lowest BCUT2D eigenvalue weighted by Crippen LogP contribution is -2.45. The van der Waals surface area contributed by atoms with Crippen LogP contribution in [0.25, 0.3) is 0 Å². The number of hydrogen-bond acceptors (Lipinski definition) is 3. The van der Waals surface area contributed by atoms with Crippen molar-refractivity contribution < 1.29 is 14.4 Å². The summed E-state index contributed by atoms with van der Waals surface area (Å²) in [6, 6.07) is 16.8. The average molecular weight is 393 g/mol. The van der Waals surface area contributed by atoms with Crippen LogP contribution in [0.4, 0.5) is 10.5 Å². The van der Waals surface area contributed by atoms with Crippen LogP contribution < -0.4 is 10.6 Å². The Labute approximate surface area is 171 Å². The van der Waals surface area contributed by atoms with E-state index in [4.69, 9.17) is 0 Å². The lowest BCUT2D eigenvalue weighted by molar-refractivity contribution is -0.133. The molecular weight excluding hydrogens is 366 g/mol. The second-order valence-electron chi connectivity index (χ2n) is 7.96. The molecule has 29 heavy (non-hydrogen) atoms. The Balaban J connectivity index is 1.59. The molecule has 1 aliphatic heterocycles. The monoisotopic (exact) mass is 393 g/mol. The molecule has 0 bridgehead atoms. The molecule has 1 atom stereocenters. The van der Waals surface area contributed by atoms with Crippen LogP contribution >= 0.6 is 0 Å². The van der Waals surface area contributed by atoms with Gasteiger partial charge in [0.2, 0.25) is 5.91 Å². The molecule has 3 rings (SSSR count). The molecule has 0 radical (unpaired) electrons. The van der Waals surface area contributed by atoms with Crippen LogP contribution in [0.15, 0.2) is 54.6 Å². The molecule has 6 heteroatoms. The third kappa shape index (κ3) is 4.83. The predicted octanol–water partition coefficient (Wildman–Crippen LogP) is 3.69. The highest BCUT2D eigenvalue weighted by Crippen LogP contribution is 2.23. The van der Waals surface area contributed by atoms with Crippen molar-refractivity contribution in [2.24, 2.45) is 0 Å². The molecule has 2 N–H and O–H groups in total. The smallest absolute Gasteiger partial charge is 0.325 e. The van der Waals surface area contributed by atoms with Crippen molar-refractivity contribution in [1.29, 1.82) is 0 Å². The summed E-state index contributed by atoms with van der Waals surface area (Å²) in [7, 11) is 0. The number of hydrogen-bond donors (Lipinski definition) is 2. The van der Waals surface area contributed by atoms with E-state index in [2.05, 4.69) is 24.5 Å². The maximum atomic E-state index is 12.8. The fraction of sp³-hybridized carbons (Fsp3) is 0.348. The Hall–Kier alpha value is -3.15. The van der Waals surface area contributed by atoms with E-state index in [9.17, 15) is 14.4 Å². The number of imide groups is 1. The Kier molecular flexibility index (Phi) is 6.01. The maximum Gasteiger partial charge on any atom is 0.325 e. The van der Waals surface area contributed by atoms with Crippen LogP contribution in [0.2, 0.25) is 0 Å². The fourth-order valence-corrected chi connectivity index (χ4v) is 3.39. The Bertz CT molecular complexity index is 893. The normalized spacial score (nSPS) is 18.8. The first kappa shape index (κ1) is 20.6. The van der Waals surface area contributed by atoms with E-state index in [1.165, 1.54) is 5.56 Å². The molecule has 0 aliphatic carbocycles. The highest BCUT2D eigenvalue weighted by atomic mass is 16.2. The minimum atomic E-state index is -1.01. The third-order valence-electron chi connectivity index (χ3n) is 5.26. The summed E-state index contributed by atoms with van der Waals surface area (Å²) in [5.74, 6) is -0.374. The van der Waals surface area contributed by atoms with Gasteiger partial charge in [-0.15, -0.1) is 0 Å². The highest BCUT2D eigenvalue weighted by molar-refractivity contribution is 6.09. The number of amides is 4. The van der Waals surface area contributed by atoms with Crippen molar-refractivity contribution in [2.75, 3.05) is 11.9 Å². The van der Waals surface area contributed by atoms with Crippen molar-refractivity contribution in [3.05, 3.63) is 65.7 Å². The van der Waals surface area contributed by atoms with E-state index in [1.54, 1.807) is 6.92 Å². The second kappa shape index (κ2) is 8.47. The number of carbonyl (C=O) groups excluding carboxylic acids is 3. The molecule has 0 saturated carbocycles. The Morgan fingerprint density at radius 2 is 1.72 bits per heavy atom. The summed E-state index contributed by atoms with van der Waals surface area (Å²) in [6.07, 6.45) is 1.13. The second-order valence-corrected chi connectivity index (χ2v) is 7.96. The molecule has 2 aromatic carbocycles. The molecule has 1 saturated heterocycles. The third-order valence-corrected chi connectivity index (χ3v) is 5.26. The van der Waals surface area contributed by atoms with Gasteiger partial charge in [0.05, 0.1) is 0 Å². The van der Waals surface area contributed by atoms with Gasteiger partial charge < -0.3 is 10.6 Å². The number of nitrogens with zero attached hydrogens (tertiary/aromatic N) is 1. The van der Waals surface area contributed by atoms with Gasteiger partial charge in [-0.2, -0.15) is 0 Å². The van der Waals surface area contributed by atoms with Gasteiger partial charge >= 0.3 is 6.03 Å². The van der Waals surface area contributed by atoms with Gasteiger partial charge in [0, 0.05) is 5.69 Å². The van der Waals surface area contributed by atoms with E-state index in [0.717, 1.165) is 10.5 Å². The topological polar surface area (TPSA) is 78.5 Å². The molecule has 1 aliphatic rings.